The van der Waals surface area contributed by atoms with E-state index in [4.69, 9.17) is 9.15 Å². The van der Waals surface area contributed by atoms with Crippen LogP contribution in [0.15, 0.2) is 53.3 Å². The zero-order valence-electron chi connectivity index (χ0n) is 14.3. The summed E-state index contributed by atoms with van der Waals surface area (Å²) in [5, 5.41) is 0.965. The molecule has 26 heavy (non-hydrogen) atoms. The number of ether oxygens (including phenoxy) is 1. The van der Waals surface area contributed by atoms with Gasteiger partial charge < -0.3 is 19.0 Å². The Morgan fingerprint density at radius 2 is 2.08 bits per heavy atom. The summed E-state index contributed by atoms with van der Waals surface area (Å²) in [6, 6.07) is 11.9. The molecule has 0 bridgehead atoms. The first kappa shape index (κ1) is 15.4. The Morgan fingerprint density at radius 3 is 3.04 bits per heavy atom. The molecule has 0 aliphatic carbocycles. The van der Waals surface area contributed by atoms with Crippen LogP contribution in [0.1, 0.15) is 5.56 Å². The summed E-state index contributed by atoms with van der Waals surface area (Å²) < 4.78 is 11.3. The number of nitrogens with zero attached hydrogens (tertiary/aromatic N) is 3. The molecule has 0 radical (unpaired) electrons. The lowest BCUT2D eigenvalue weighted by Crippen LogP contribution is -2.51. The van der Waals surface area contributed by atoms with E-state index in [1.165, 1.54) is 5.56 Å². The van der Waals surface area contributed by atoms with E-state index in [1.807, 2.05) is 35.2 Å². The molecule has 4 heterocycles. The maximum absolute atomic E-state index is 13.1. The molecule has 6 nitrogen and oxygen atoms in total. The molecular formula is C20H19N3O3. The number of para-hydroxylation sites is 1. The minimum absolute atomic E-state index is 0.0269. The van der Waals surface area contributed by atoms with E-state index in [9.17, 15) is 4.79 Å². The molecule has 1 atom stereocenters. The highest BCUT2D eigenvalue weighted by atomic mass is 16.5. The number of carbonyl (C=O) groups excluding carboxylic acids is 1. The first-order valence-corrected chi connectivity index (χ1v) is 8.89. The minimum atomic E-state index is -0.487. The highest BCUT2D eigenvalue weighted by Crippen LogP contribution is 2.30. The average molecular weight is 349 g/mol. The van der Waals surface area contributed by atoms with E-state index in [1.54, 1.807) is 12.5 Å². The molecule has 3 aromatic rings. The van der Waals surface area contributed by atoms with Crippen molar-refractivity contribution in [2.45, 2.75) is 12.5 Å². The van der Waals surface area contributed by atoms with Crippen molar-refractivity contribution in [1.82, 2.24) is 4.98 Å². The van der Waals surface area contributed by atoms with Crippen molar-refractivity contribution >= 4 is 28.4 Å². The summed E-state index contributed by atoms with van der Waals surface area (Å²) in [6.07, 6.45) is 3.82. The van der Waals surface area contributed by atoms with Gasteiger partial charge in [0.1, 0.15) is 11.4 Å². The van der Waals surface area contributed by atoms with Crippen LogP contribution in [-0.4, -0.2) is 43.2 Å². The number of fused-ring (bicyclic) bond motifs is 2. The van der Waals surface area contributed by atoms with Gasteiger partial charge in [-0.05, 0) is 30.2 Å². The summed E-state index contributed by atoms with van der Waals surface area (Å²) >= 11 is 0. The Labute approximate surface area is 151 Å². The van der Waals surface area contributed by atoms with Crippen molar-refractivity contribution in [3.8, 4) is 0 Å². The molecule has 2 aliphatic rings. The molecule has 2 aromatic heterocycles. The van der Waals surface area contributed by atoms with E-state index in [0.717, 1.165) is 28.9 Å². The van der Waals surface area contributed by atoms with Crippen molar-refractivity contribution < 1.29 is 13.9 Å². The molecule has 1 fully saturated rings. The third-order valence-electron chi connectivity index (χ3n) is 5.15. The second-order valence-electron chi connectivity index (χ2n) is 6.64. The quantitative estimate of drug-likeness (QED) is 0.712. The fourth-order valence-electron chi connectivity index (χ4n) is 3.86. The average Bonchev–Trinajstić information content (AvgIpc) is 3.34. The highest BCUT2D eigenvalue weighted by molar-refractivity contribution is 5.99. The van der Waals surface area contributed by atoms with Crippen LogP contribution < -0.4 is 9.80 Å². The fraction of sp³-hybridized carbons (Fsp3) is 0.300. The fourth-order valence-corrected chi connectivity index (χ4v) is 3.86. The molecule has 2 aliphatic heterocycles. The summed E-state index contributed by atoms with van der Waals surface area (Å²) in [5.41, 5.74) is 3.03. The number of morpholine rings is 1. The lowest BCUT2D eigenvalue weighted by atomic mass is 10.1. The number of furan rings is 1. The molecule has 132 valence electrons. The molecule has 1 amide bonds. The van der Waals surface area contributed by atoms with E-state index in [0.29, 0.717) is 26.2 Å². The van der Waals surface area contributed by atoms with E-state index in [-0.39, 0.29) is 5.91 Å². The molecule has 1 unspecified atom stereocenters. The summed E-state index contributed by atoms with van der Waals surface area (Å²) in [4.78, 5) is 21.6. The van der Waals surface area contributed by atoms with Gasteiger partial charge in [-0.2, -0.15) is 0 Å². The van der Waals surface area contributed by atoms with Gasteiger partial charge in [0.2, 0.25) is 0 Å². The Bertz CT molecular complexity index is 968. The smallest absolute Gasteiger partial charge is 0.257 e. The number of aromatic nitrogens is 1. The van der Waals surface area contributed by atoms with Gasteiger partial charge in [0.05, 0.1) is 24.8 Å². The predicted octanol–water partition coefficient (Wildman–Crippen LogP) is 2.62. The van der Waals surface area contributed by atoms with Crippen LogP contribution in [-0.2, 0) is 16.0 Å². The Kier molecular flexibility index (Phi) is 3.64. The van der Waals surface area contributed by atoms with Crippen LogP contribution in [0.2, 0.25) is 0 Å². The van der Waals surface area contributed by atoms with E-state index < -0.39 is 6.10 Å². The van der Waals surface area contributed by atoms with Crippen LogP contribution in [0.3, 0.4) is 0 Å². The van der Waals surface area contributed by atoms with Crippen molar-refractivity contribution in [2.75, 3.05) is 36.0 Å². The molecule has 0 spiro atoms. The van der Waals surface area contributed by atoms with Gasteiger partial charge in [-0.25, -0.2) is 4.98 Å². The molecule has 0 saturated carbocycles. The van der Waals surface area contributed by atoms with Gasteiger partial charge in [0.25, 0.3) is 5.91 Å². The largest absolute Gasteiger partial charge is 0.464 e. The number of rotatable bonds is 2. The van der Waals surface area contributed by atoms with Gasteiger partial charge in [-0.1, -0.05) is 18.2 Å². The zero-order chi connectivity index (χ0) is 17.5. The van der Waals surface area contributed by atoms with Crippen molar-refractivity contribution in [1.29, 1.82) is 0 Å². The maximum atomic E-state index is 13.1. The third kappa shape index (κ3) is 2.45. The lowest BCUT2D eigenvalue weighted by molar-refractivity contribution is -0.130. The zero-order valence-corrected chi connectivity index (χ0v) is 14.3. The Hall–Kier alpha value is -2.86. The molecule has 0 N–H and O–H groups in total. The van der Waals surface area contributed by atoms with Crippen LogP contribution in [0.5, 0.6) is 0 Å². The van der Waals surface area contributed by atoms with Crippen molar-refractivity contribution in [2.24, 2.45) is 0 Å². The SMILES string of the molecule is O=C(C1CN(c2nccc3occc23)CCO1)N1CCc2ccccc21. The topological polar surface area (TPSA) is 58.8 Å². The van der Waals surface area contributed by atoms with E-state index in [2.05, 4.69) is 16.0 Å². The molecule has 6 heteroatoms. The Balaban J connectivity index is 1.40. The van der Waals surface area contributed by atoms with Crippen LogP contribution in [0.25, 0.3) is 11.0 Å². The monoisotopic (exact) mass is 349 g/mol. The molecule has 5 rings (SSSR count). The molecule has 1 aromatic carbocycles. The van der Waals surface area contributed by atoms with Crippen molar-refractivity contribution in [3.63, 3.8) is 0 Å². The van der Waals surface area contributed by atoms with E-state index >= 15 is 0 Å². The number of anilines is 2. The second-order valence-corrected chi connectivity index (χ2v) is 6.64. The van der Waals surface area contributed by atoms with Crippen LogP contribution in [0.4, 0.5) is 11.5 Å². The lowest BCUT2D eigenvalue weighted by Gasteiger charge is -2.35. The van der Waals surface area contributed by atoms with Gasteiger partial charge >= 0.3 is 0 Å². The summed E-state index contributed by atoms with van der Waals surface area (Å²) in [5.74, 6) is 0.873. The van der Waals surface area contributed by atoms with Crippen molar-refractivity contribution in [3.05, 3.63) is 54.4 Å². The normalized spacial score (nSPS) is 19.8. The summed E-state index contributed by atoms with van der Waals surface area (Å²) in [7, 11) is 0. The van der Waals surface area contributed by atoms with Gasteiger partial charge in [0.15, 0.2) is 6.10 Å². The van der Waals surface area contributed by atoms with Crippen LogP contribution in [0, 0.1) is 0 Å². The number of hydrogen-bond donors (Lipinski definition) is 0. The number of amides is 1. The standard InChI is InChI=1S/C20H19N3O3/c24-20(23-9-6-14-3-1-2-4-16(14)23)18-13-22(10-12-26-18)19-15-7-11-25-17(15)5-8-21-19/h1-5,7-8,11,18H,6,9-10,12-13H2. The number of benzene rings is 1. The second kappa shape index (κ2) is 6.14. The predicted molar refractivity (Wildman–Crippen MR) is 98.5 cm³/mol. The van der Waals surface area contributed by atoms with Gasteiger partial charge in [0, 0.05) is 25.0 Å². The Morgan fingerprint density at radius 1 is 1.15 bits per heavy atom. The molecule has 1 saturated heterocycles. The first-order valence-electron chi connectivity index (χ1n) is 8.89. The summed E-state index contributed by atoms with van der Waals surface area (Å²) in [6.45, 7) is 2.42. The van der Waals surface area contributed by atoms with Gasteiger partial charge in [-0.3, -0.25) is 4.79 Å². The maximum Gasteiger partial charge on any atom is 0.257 e. The first-order chi connectivity index (χ1) is 12.8. The third-order valence-corrected chi connectivity index (χ3v) is 5.15. The highest BCUT2D eigenvalue weighted by Gasteiger charge is 2.34. The minimum Gasteiger partial charge on any atom is -0.464 e. The number of pyridine rings is 1. The number of hydrogen-bond acceptors (Lipinski definition) is 5. The van der Waals surface area contributed by atoms with Crippen LogP contribution >= 0.6 is 0 Å². The van der Waals surface area contributed by atoms with Gasteiger partial charge in [-0.15, -0.1) is 0 Å². The number of carbonyl (C=O) groups is 1. The molecular weight excluding hydrogens is 330 g/mol.